The number of hydrogen-bond donors (Lipinski definition) is 2. The third-order valence-electron chi connectivity index (χ3n) is 4.76. The average molecular weight is 373 g/mol. The summed E-state index contributed by atoms with van der Waals surface area (Å²) in [6.45, 7) is 2.17. The normalized spacial score (nSPS) is 19.4. The molecule has 2 aromatic heterocycles. The molecule has 2 atom stereocenters. The van der Waals surface area contributed by atoms with Crippen molar-refractivity contribution in [3.8, 4) is 0 Å². The maximum Gasteiger partial charge on any atom is 0.347 e. The predicted octanol–water partition coefficient (Wildman–Crippen LogP) is 0.645. The topological polar surface area (TPSA) is 119 Å². The minimum atomic E-state index is -0.448. The lowest BCUT2D eigenvalue weighted by Crippen LogP contribution is -2.42. The molecular weight excluding hydrogens is 350 g/mol. The number of hydrogen-bond acceptors (Lipinski definition) is 6. The molecule has 0 bridgehead atoms. The molecule has 9 nitrogen and oxygen atoms in total. The van der Waals surface area contributed by atoms with Crippen LogP contribution in [-0.4, -0.2) is 38.9 Å². The van der Waals surface area contributed by atoms with Crippen LogP contribution < -0.4 is 16.3 Å². The fourth-order valence-electron chi connectivity index (χ4n) is 3.36. The van der Waals surface area contributed by atoms with Gasteiger partial charge in [-0.1, -0.05) is 6.42 Å². The van der Waals surface area contributed by atoms with E-state index in [0.29, 0.717) is 18.0 Å². The smallest absolute Gasteiger partial charge is 0.347 e. The summed E-state index contributed by atoms with van der Waals surface area (Å²) in [7, 11) is 0. The SMILES string of the molecule is Cc1ocnc1C(=O)N[C@H]1CCC[C@@H](CNC(=O)Cn2cccnc2=O)C1. The number of aryl methyl sites for hydroxylation is 1. The van der Waals surface area contributed by atoms with Crippen molar-refractivity contribution in [2.75, 3.05) is 6.54 Å². The molecule has 2 aromatic rings. The van der Waals surface area contributed by atoms with Crippen molar-refractivity contribution in [1.82, 2.24) is 25.2 Å². The van der Waals surface area contributed by atoms with Gasteiger partial charge in [-0.25, -0.2) is 14.8 Å². The first-order chi connectivity index (χ1) is 13.0. The van der Waals surface area contributed by atoms with Crippen LogP contribution in [0.15, 0.2) is 34.1 Å². The first kappa shape index (κ1) is 18.8. The minimum absolute atomic E-state index is 0.0465. The van der Waals surface area contributed by atoms with E-state index in [1.165, 1.54) is 23.4 Å². The van der Waals surface area contributed by atoms with Gasteiger partial charge in [-0.3, -0.25) is 14.2 Å². The van der Waals surface area contributed by atoms with Crippen LogP contribution in [0.4, 0.5) is 0 Å². The summed E-state index contributed by atoms with van der Waals surface area (Å²) >= 11 is 0. The first-order valence-electron chi connectivity index (χ1n) is 9.02. The molecule has 3 rings (SSSR count). The van der Waals surface area contributed by atoms with Gasteiger partial charge in [0.15, 0.2) is 12.1 Å². The maximum absolute atomic E-state index is 12.3. The lowest BCUT2D eigenvalue weighted by Gasteiger charge is -2.29. The zero-order valence-electron chi connectivity index (χ0n) is 15.2. The van der Waals surface area contributed by atoms with E-state index >= 15 is 0 Å². The standard InChI is InChI=1S/C18H23N5O4/c1-12-16(21-11-27-12)17(25)22-14-5-2-4-13(8-14)9-20-15(24)10-23-7-3-6-19-18(23)26/h3,6-7,11,13-14H,2,4-5,8-10H2,1H3,(H,20,24)(H,22,25)/t13-,14+/m1/s1. The zero-order chi connectivity index (χ0) is 19.2. The van der Waals surface area contributed by atoms with Gasteiger partial charge in [0.2, 0.25) is 5.91 Å². The molecule has 1 aliphatic rings. The molecule has 1 fully saturated rings. The Morgan fingerprint density at radius 1 is 1.33 bits per heavy atom. The molecule has 27 heavy (non-hydrogen) atoms. The third kappa shape index (κ3) is 5.02. The first-order valence-corrected chi connectivity index (χ1v) is 9.02. The van der Waals surface area contributed by atoms with Crippen LogP contribution in [0.1, 0.15) is 41.9 Å². The summed E-state index contributed by atoms with van der Waals surface area (Å²) < 4.78 is 6.33. The van der Waals surface area contributed by atoms with Gasteiger partial charge >= 0.3 is 5.69 Å². The molecular formula is C18H23N5O4. The summed E-state index contributed by atoms with van der Waals surface area (Å²) in [5, 5.41) is 5.87. The summed E-state index contributed by atoms with van der Waals surface area (Å²) in [4.78, 5) is 43.4. The second-order valence-corrected chi connectivity index (χ2v) is 6.79. The van der Waals surface area contributed by atoms with E-state index < -0.39 is 5.69 Å². The van der Waals surface area contributed by atoms with Gasteiger partial charge in [0, 0.05) is 25.0 Å². The molecule has 144 valence electrons. The van der Waals surface area contributed by atoms with E-state index in [9.17, 15) is 14.4 Å². The summed E-state index contributed by atoms with van der Waals surface area (Å²) in [6, 6.07) is 1.66. The van der Waals surface area contributed by atoms with E-state index in [4.69, 9.17) is 4.42 Å². The summed E-state index contributed by atoms with van der Waals surface area (Å²) in [5.41, 5.74) is -0.136. The van der Waals surface area contributed by atoms with Crippen LogP contribution in [0.3, 0.4) is 0 Å². The van der Waals surface area contributed by atoms with Crippen LogP contribution >= 0.6 is 0 Å². The van der Waals surface area contributed by atoms with E-state index in [1.54, 1.807) is 13.0 Å². The quantitative estimate of drug-likeness (QED) is 0.767. The Balaban J connectivity index is 1.46. The third-order valence-corrected chi connectivity index (χ3v) is 4.76. The van der Waals surface area contributed by atoms with Crippen molar-refractivity contribution in [2.45, 2.75) is 45.2 Å². The highest BCUT2D eigenvalue weighted by atomic mass is 16.3. The molecule has 2 heterocycles. The van der Waals surface area contributed by atoms with Crippen LogP contribution in [0, 0.1) is 12.8 Å². The van der Waals surface area contributed by atoms with E-state index in [1.807, 2.05) is 0 Å². The maximum atomic E-state index is 12.3. The Labute approximate surface area is 156 Å². The Hall–Kier alpha value is -2.97. The van der Waals surface area contributed by atoms with Crippen molar-refractivity contribution >= 4 is 11.8 Å². The lowest BCUT2D eigenvalue weighted by molar-refractivity contribution is -0.122. The molecule has 0 aromatic carbocycles. The van der Waals surface area contributed by atoms with Gasteiger partial charge in [0.25, 0.3) is 5.91 Å². The Morgan fingerprint density at radius 2 is 2.19 bits per heavy atom. The second-order valence-electron chi connectivity index (χ2n) is 6.79. The monoisotopic (exact) mass is 373 g/mol. The van der Waals surface area contributed by atoms with Crippen LogP contribution in [-0.2, 0) is 11.3 Å². The number of aromatic nitrogens is 3. The lowest BCUT2D eigenvalue weighted by atomic mass is 9.85. The van der Waals surface area contributed by atoms with Crippen LogP contribution in [0.2, 0.25) is 0 Å². The Kier molecular flexibility index (Phi) is 6.00. The van der Waals surface area contributed by atoms with Gasteiger partial charge in [-0.2, -0.15) is 0 Å². The summed E-state index contributed by atoms with van der Waals surface area (Å²) in [6.07, 6.45) is 7.85. The van der Waals surface area contributed by atoms with E-state index in [-0.39, 0.29) is 30.3 Å². The second kappa shape index (κ2) is 8.61. The average Bonchev–Trinajstić information content (AvgIpc) is 3.08. The Morgan fingerprint density at radius 3 is 2.93 bits per heavy atom. The molecule has 0 unspecified atom stereocenters. The van der Waals surface area contributed by atoms with Gasteiger partial charge in [-0.05, 0) is 38.2 Å². The van der Waals surface area contributed by atoms with Crippen molar-refractivity contribution in [2.24, 2.45) is 5.92 Å². The van der Waals surface area contributed by atoms with Gasteiger partial charge < -0.3 is 15.1 Å². The highest BCUT2D eigenvalue weighted by Crippen LogP contribution is 2.24. The van der Waals surface area contributed by atoms with Crippen molar-refractivity contribution < 1.29 is 14.0 Å². The molecule has 0 aliphatic heterocycles. The molecule has 1 saturated carbocycles. The van der Waals surface area contributed by atoms with Crippen LogP contribution in [0.25, 0.3) is 0 Å². The molecule has 0 radical (unpaired) electrons. The number of carbonyl (C=O) groups excluding carboxylic acids is 2. The molecule has 0 spiro atoms. The summed E-state index contributed by atoms with van der Waals surface area (Å²) in [5.74, 6) is 0.316. The number of carbonyl (C=O) groups is 2. The number of rotatable bonds is 6. The van der Waals surface area contributed by atoms with Crippen molar-refractivity contribution in [1.29, 1.82) is 0 Å². The number of nitrogens with one attached hydrogen (secondary N) is 2. The fourth-order valence-corrected chi connectivity index (χ4v) is 3.36. The molecule has 0 saturated heterocycles. The highest BCUT2D eigenvalue weighted by molar-refractivity contribution is 5.93. The van der Waals surface area contributed by atoms with E-state index in [0.717, 1.165) is 25.7 Å². The van der Waals surface area contributed by atoms with Gasteiger partial charge in [0.1, 0.15) is 12.3 Å². The molecule has 9 heteroatoms. The number of amides is 2. The number of nitrogens with zero attached hydrogens (tertiary/aromatic N) is 3. The van der Waals surface area contributed by atoms with Crippen LogP contribution in [0.5, 0.6) is 0 Å². The highest BCUT2D eigenvalue weighted by Gasteiger charge is 2.25. The van der Waals surface area contributed by atoms with Gasteiger partial charge in [0.05, 0.1) is 0 Å². The van der Waals surface area contributed by atoms with Crippen molar-refractivity contribution in [3.63, 3.8) is 0 Å². The Bertz CT molecular complexity index is 859. The zero-order valence-corrected chi connectivity index (χ0v) is 15.2. The van der Waals surface area contributed by atoms with Gasteiger partial charge in [-0.15, -0.1) is 0 Å². The largest absolute Gasteiger partial charge is 0.448 e. The molecule has 2 N–H and O–H groups in total. The van der Waals surface area contributed by atoms with Crippen molar-refractivity contribution in [3.05, 3.63) is 46.8 Å². The fraction of sp³-hybridized carbons (Fsp3) is 0.500. The molecule has 2 amide bonds. The predicted molar refractivity (Wildman–Crippen MR) is 96.0 cm³/mol. The van der Waals surface area contributed by atoms with E-state index in [2.05, 4.69) is 20.6 Å². The minimum Gasteiger partial charge on any atom is -0.448 e. The number of oxazole rings is 1. The molecule has 1 aliphatic carbocycles.